The highest BCUT2D eigenvalue weighted by Crippen LogP contribution is 2.38. The Hall–Kier alpha value is -4.53. The van der Waals surface area contributed by atoms with Gasteiger partial charge in [0.05, 0.1) is 13.2 Å². The molecule has 3 aromatic carbocycles. The molecule has 3 N–H and O–H groups in total. The molecule has 4 aromatic rings. The lowest BCUT2D eigenvalue weighted by Gasteiger charge is -2.44. The average molecular weight is 842 g/mol. The zero-order valence-corrected chi connectivity index (χ0v) is 33.6. The Balaban J connectivity index is 0.00000567. The van der Waals surface area contributed by atoms with Crippen molar-refractivity contribution in [3.63, 3.8) is 0 Å². The Morgan fingerprint density at radius 1 is 0.931 bits per heavy atom. The maximum atomic E-state index is 13.7. The number of halogens is 4. The number of nitrogens with one attached hydrogen (secondary N) is 2. The maximum Gasteiger partial charge on any atom is 0.387 e. The van der Waals surface area contributed by atoms with Crippen LogP contribution in [0.15, 0.2) is 85.2 Å². The minimum absolute atomic E-state index is 0. The smallest absolute Gasteiger partial charge is 0.387 e. The van der Waals surface area contributed by atoms with Gasteiger partial charge in [-0.05, 0) is 98.6 Å². The van der Waals surface area contributed by atoms with Crippen LogP contribution in [0.1, 0.15) is 60.1 Å². The fraction of sp³-hybridized carbons (Fsp3) is 0.419. The number of hydrogen-bond donors (Lipinski definition) is 1. The number of fused-ring (bicyclic) bond motifs is 3. The lowest BCUT2D eigenvalue weighted by atomic mass is 9.86. The Labute approximate surface area is 346 Å². The SMILES string of the molecule is CN(CC(=O)O[C@@H](Cc1c(Cl)c[nH+]cc1Cl)c1ccc(OC(F)F)c(OCC2CC2)c1)Cc1cccc(NC(C(=O)O[C@H]2CN3CCC2CC3)c2ccccc2)c1.[OH-]. The third-order valence-electron chi connectivity index (χ3n) is 10.7. The third kappa shape index (κ3) is 11.6. The molecule has 0 amide bonds. The van der Waals surface area contributed by atoms with Crippen molar-refractivity contribution in [2.75, 3.05) is 45.2 Å². The van der Waals surface area contributed by atoms with Crippen LogP contribution in [0, 0.1) is 11.8 Å². The van der Waals surface area contributed by atoms with Gasteiger partial charge in [-0.1, -0.05) is 71.7 Å². The number of H-pyrrole nitrogens is 1. The van der Waals surface area contributed by atoms with Crippen molar-refractivity contribution in [3.8, 4) is 11.5 Å². The molecule has 11 nitrogen and oxygen atoms in total. The summed E-state index contributed by atoms with van der Waals surface area (Å²) in [5.41, 5.74) is 3.48. The van der Waals surface area contributed by atoms with Crippen LogP contribution < -0.4 is 19.8 Å². The number of aromatic nitrogens is 1. The Morgan fingerprint density at radius 2 is 1.67 bits per heavy atom. The molecular weight excluding hydrogens is 793 g/mol. The van der Waals surface area contributed by atoms with Crippen LogP contribution in [0.2, 0.25) is 10.0 Å². The topological polar surface area (TPSA) is 134 Å². The number of likely N-dealkylation sites (N-methyl/N-ethyl adjacent to an activating group) is 1. The first-order chi connectivity index (χ1) is 27.6. The summed E-state index contributed by atoms with van der Waals surface area (Å²) in [6.07, 6.45) is 6.34. The summed E-state index contributed by atoms with van der Waals surface area (Å²) in [4.78, 5) is 34.4. The van der Waals surface area contributed by atoms with Gasteiger partial charge in [-0.3, -0.25) is 14.6 Å². The zero-order valence-electron chi connectivity index (χ0n) is 32.1. The van der Waals surface area contributed by atoms with Gasteiger partial charge in [-0.15, -0.1) is 0 Å². The van der Waals surface area contributed by atoms with Gasteiger partial charge in [-0.25, -0.2) is 9.78 Å². The lowest BCUT2D eigenvalue weighted by molar-refractivity contribution is -0.377. The van der Waals surface area contributed by atoms with Crippen molar-refractivity contribution in [2.24, 2.45) is 11.8 Å². The van der Waals surface area contributed by atoms with E-state index in [-0.39, 0.29) is 42.0 Å². The largest absolute Gasteiger partial charge is 0.870 e. The summed E-state index contributed by atoms with van der Waals surface area (Å²) in [6, 6.07) is 21.1. The van der Waals surface area contributed by atoms with E-state index in [1.807, 2.05) is 59.5 Å². The van der Waals surface area contributed by atoms with Crippen molar-refractivity contribution in [3.05, 3.63) is 117 Å². The van der Waals surface area contributed by atoms with Gasteiger partial charge < -0.3 is 29.7 Å². The summed E-state index contributed by atoms with van der Waals surface area (Å²) in [7, 11) is 1.80. The molecule has 1 aliphatic carbocycles. The highest BCUT2D eigenvalue weighted by Gasteiger charge is 2.38. The number of carbonyl (C=O) groups is 2. The molecule has 15 heteroatoms. The monoisotopic (exact) mass is 840 g/mol. The number of ether oxygens (including phenoxy) is 4. The minimum Gasteiger partial charge on any atom is -0.870 e. The van der Waals surface area contributed by atoms with E-state index in [0.717, 1.165) is 62.1 Å². The number of hydrogen-bond acceptors (Lipinski definition) is 10. The molecule has 4 heterocycles. The summed E-state index contributed by atoms with van der Waals surface area (Å²) >= 11 is 13.0. The van der Waals surface area contributed by atoms with Gasteiger partial charge in [0.1, 0.15) is 22.3 Å². The van der Waals surface area contributed by atoms with Gasteiger partial charge in [0, 0.05) is 30.8 Å². The Bertz CT molecular complexity index is 1980. The molecular formula is C43H48Cl2F2N4O7. The second kappa shape index (κ2) is 20.0. The Kier molecular flexibility index (Phi) is 14.8. The van der Waals surface area contributed by atoms with Crippen LogP contribution in [-0.2, 0) is 32.0 Å². The minimum atomic E-state index is -3.04. The molecule has 3 saturated heterocycles. The van der Waals surface area contributed by atoms with Crippen molar-refractivity contribution >= 4 is 40.8 Å². The van der Waals surface area contributed by atoms with E-state index in [0.29, 0.717) is 46.2 Å². The molecule has 4 fully saturated rings. The van der Waals surface area contributed by atoms with E-state index in [2.05, 4.69) is 15.2 Å². The van der Waals surface area contributed by atoms with E-state index < -0.39 is 24.7 Å². The molecule has 3 aliphatic heterocycles. The molecule has 1 saturated carbocycles. The summed E-state index contributed by atoms with van der Waals surface area (Å²) < 4.78 is 49.4. The van der Waals surface area contributed by atoms with Crippen molar-refractivity contribution in [1.82, 2.24) is 9.80 Å². The zero-order chi connectivity index (χ0) is 39.9. The summed E-state index contributed by atoms with van der Waals surface area (Å²) in [5, 5.41) is 4.11. The predicted molar refractivity (Wildman–Crippen MR) is 213 cm³/mol. The van der Waals surface area contributed by atoms with Crippen LogP contribution in [0.3, 0.4) is 0 Å². The summed E-state index contributed by atoms with van der Waals surface area (Å²) in [5.74, 6) is -0.0729. The van der Waals surface area contributed by atoms with E-state index >= 15 is 0 Å². The van der Waals surface area contributed by atoms with Gasteiger partial charge in [0.15, 0.2) is 29.9 Å². The highest BCUT2D eigenvalue weighted by molar-refractivity contribution is 6.35. The van der Waals surface area contributed by atoms with Crippen LogP contribution in [0.5, 0.6) is 11.5 Å². The van der Waals surface area contributed by atoms with E-state index in [9.17, 15) is 18.4 Å². The third-order valence-corrected chi connectivity index (χ3v) is 11.4. The fourth-order valence-electron chi connectivity index (χ4n) is 7.50. The fourth-order valence-corrected chi connectivity index (χ4v) is 8.04. The number of rotatable bonds is 18. The van der Waals surface area contributed by atoms with Crippen molar-refractivity contribution < 1.29 is 47.8 Å². The molecule has 4 aliphatic rings. The average Bonchev–Trinajstić information content (AvgIpc) is 4.03. The normalized spacial score (nSPS) is 19.5. The first kappa shape index (κ1) is 43.1. The molecule has 3 atom stereocenters. The number of nitrogens with zero attached hydrogens (tertiary/aromatic N) is 2. The maximum absolute atomic E-state index is 13.7. The summed E-state index contributed by atoms with van der Waals surface area (Å²) in [6.45, 7) is 0.515. The van der Waals surface area contributed by atoms with Crippen LogP contribution in [0.4, 0.5) is 14.5 Å². The first-order valence-electron chi connectivity index (χ1n) is 19.3. The number of carbonyl (C=O) groups excluding carboxylic acids is 2. The molecule has 2 bridgehead atoms. The van der Waals surface area contributed by atoms with Crippen molar-refractivity contribution in [1.29, 1.82) is 0 Å². The molecule has 1 unspecified atom stereocenters. The second-order valence-corrected chi connectivity index (χ2v) is 15.9. The first-order valence-corrected chi connectivity index (χ1v) is 20.1. The van der Waals surface area contributed by atoms with Crippen LogP contribution >= 0.6 is 23.2 Å². The standard InChI is InChI=1S/C43H46Cl2F2N4O6.H2O/c1-50(23-28-6-5-9-32(18-28)49-41(30-7-3-2-4-8-30)42(53)56-39-24-51-16-14-29(39)15-17-51)25-40(52)55-37(20-33-34(44)21-48-22-35(33)45)31-12-13-36(57-43(46)47)38(19-31)54-26-27-10-11-27;/h2-9,12-13,18-19,21-22,27,29,37,39,41,43,49H,10-11,14-17,20,23-26H2,1H3;1H2/t37-,39-,41?;/m0./s1. The van der Waals surface area contributed by atoms with Gasteiger partial charge in [0.25, 0.3) is 0 Å². The van der Waals surface area contributed by atoms with Gasteiger partial charge in [-0.2, -0.15) is 8.78 Å². The second-order valence-electron chi connectivity index (χ2n) is 15.1. The van der Waals surface area contributed by atoms with Gasteiger partial charge in [0.2, 0.25) is 0 Å². The highest BCUT2D eigenvalue weighted by atomic mass is 35.5. The molecule has 1 aromatic heterocycles. The molecule has 0 spiro atoms. The van der Waals surface area contributed by atoms with Gasteiger partial charge >= 0.3 is 18.6 Å². The predicted octanol–water partition coefficient (Wildman–Crippen LogP) is 7.77. The van der Waals surface area contributed by atoms with Crippen molar-refractivity contribution in [2.45, 2.75) is 63.5 Å². The lowest BCUT2D eigenvalue weighted by Crippen LogP contribution is -2.52. The van der Waals surface area contributed by atoms with E-state index in [1.165, 1.54) is 6.07 Å². The quantitative estimate of drug-likeness (QED) is 0.0991. The number of alkyl halides is 2. The van der Waals surface area contributed by atoms with E-state index in [4.69, 9.17) is 42.1 Å². The number of benzene rings is 3. The van der Waals surface area contributed by atoms with Crippen LogP contribution in [0.25, 0.3) is 0 Å². The molecule has 310 valence electrons. The number of anilines is 1. The Morgan fingerprint density at radius 3 is 2.34 bits per heavy atom. The van der Waals surface area contributed by atoms with Crippen LogP contribution in [-0.4, -0.2) is 79.8 Å². The molecule has 58 heavy (non-hydrogen) atoms. The number of aromatic amines is 1. The molecule has 8 rings (SSSR count). The molecule has 0 radical (unpaired) electrons. The number of esters is 2. The number of piperidine rings is 3. The van der Waals surface area contributed by atoms with E-state index in [1.54, 1.807) is 31.6 Å². The number of pyridine rings is 1.